The number of hydrogen-bond donors (Lipinski definition) is 1. The Morgan fingerprint density at radius 1 is 1.24 bits per heavy atom. The van der Waals surface area contributed by atoms with Crippen molar-refractivity contribution in [2.45, 2.75) is 53.1 Å². The molecule has 1 aromatic carbocycles. The monoisotopic (exact) mass is 443 g/mol. The molecule has 9 heteroatoms. The zero-order chi connectivity index (χ0) is 23.7. The van der Waals surface area contributed by atoms with Crippen LogP contribution in [0.15, 0.2) is 35.3 Å². The normalized spacial score (nSPS) is 11.3. The van der Waals surface area contributed by atoms with E-state index in [0.717, 1.165) is 17.0 Å². The van der Waals surface area contributed by atoms with Gasteiger partial charge in [-0.15, -0.1) is 0 Å². The predicted molar refractivity (Wildman–Crippen MR) is 124 cm³/mol. The number of nitriles is 1. The number of carbonyl (C=O) groups is 1. The van der Waals surface area contributed by atoms with Crippen molar-refractivity contribution < 1.29 is 4.79 Å². The minimum Gasteiger partial charge on any atom is -0.333 e. The predicted octanol–water partition coefficient (Wildman–Crippen LogP) is 2.82. The molecule has 0 saturated carbocycles. The van der Waals surface area contributed by atoms with Crippen LogP contribution in [0, 0.1) is 25.2 Å². The summed E-state index contributed by atoms with van der Waals surface area (Å²) in [6.45, 7) is 7.89. The van der Waals surface area contributed by atoms with E-state index in [2.05, 4.69) is 26.1 Å². The molecule has 33 heavy (non-hydrogen) atoms. The number of H-pyrrole nitrogens is 1. The number of nitrogens with one attached hydrogen (secondary N) is 1. The molecule has 168 valence electrons. The van der Waals surface area contributed by atoms with Crippen LogP contribution in [0.1, 0.15) is 48.6 Å². The quantitative estimate of drug-likeness (QED) is 0.489. The van der Waals surface area contributed by atoms with E-state index in [9.17, 15) is 14.9 Å². The summed E-state index contributed by atoms with van der Waals surface area (Å²) in [6.07, 6.45) is 2.27. The van der Waals surface area contributed by atoms with Crippen molar-refractivity contribution in [2.75, 3.05) is 0 Å². The number of hydrogen-bond acceptors (Lipinski definition) is 6. The van der Waals surface area contributed by atoms with Crippen LogP contribution in [0.3, 0.4) is 0 Å². The first-order valence-corrected chi connectivity index (χ1v) is 10.8. The lowest BCUT2D eigenvalue weighted by Crippen LogP contribution is -2.37. The van der Waals surface area contributed by atoms with Crippen LogP contribution in [0.2, 0.25) is 0 Å². The summed E-state index contributed by atoms with van der Waals surface area (Å²) in [7, 11) is 0. The number of rotatable bonds is 6. The first kappa shape index (κ1) is 22.1. The average molecular weight is 444 g/mol. The molecule has 0 radical (unpaired) electrons. The molecular weight excluding hydrogens is 418 g/mol. The Hall–Kier alpha value is -4.06. The summed E-state index contributed by atoms with van der Waals surface area (Å²) in [5, 5.41) is 14.0. The lowest BCUT2D eigenvalue weighted by atomic mass is 10.1. The number of benzene rings is 1. The van der Waals surface area contributed by atoms with Gasteiger partial charge in [-0.1, -0.05) is 12.1 Å². The Morgan fingerprint density at radius 2 is 2.00 bits per heavy atom. The van der Waals surface area contributed by atoms with Crippen molar-refractivity contribution in [2.24, 2.45) is 0 Å². The molecule has 4 rings (SSSR count). The molecule has 0 atom stereocenters. The summed E-state index contributed by atoms with van der Waals surface area (Å²) < 4.78 is 1.65. The fraction of sp³-hybridized carbons (Fsp3) is 0.333. The van der Waals surface area contributed by atoms with Gasteiger partial charge >= 0.3 is 0 Å². The number of aromatic nitrogens is 5. The van der Waals surface area contributed by atoms with E-state index in [1.54, 1.807) is 27.6 Å². The molecule has 0 aliphatic carbocycles. The number of nitrogens with zero attached hydrogens (tertiary/aromatic N) is 6. The first-order valence-electron chi connectivity index (χ1n) is 10.8. The molecule has 0 bridgehead atoms. The number of fused-ring (bicyclic) bond motifs is 2. The molecule has 0 aliphatic heterocycles. The molecular formula is C24H25N7O2. The van der Waals surface area contributed by atoms with Crippen LogP contribution >= 0.6 is 0 Å². The largest absolute Gasteiger partial charge is 0.333 e. The van der Waals surface area contributed by atoms with E-state index >= 15 is 0 Å². The summed E-state index contributed by atoms with van der Waals surface area (Å²) in [4.78, 5) is 39.2. The zero-order valence-corrected chi connectivity index (χ0v) is 19.1. The fourth-order valence-electron chi connectivity index (χ4n) is 4.06. The second kappa shape index (κ2) is 8.82. The molecule has 0 saturated heterocycles. The highest BCUT2D eigenvalue weighted by Gasteiger charge is 2.21. The number of aryl methyl sites for hydroxylation is 2. The topological polar surface area (TPSA) is 120 Å². The van der Waals surface area contributed by atoms with Crippen LogP contribution in [-0.4, -0.2) is 41.4 Å². The second-order valence-corrected chi connectivity index (χ2v) is 8.31. The van der Waals surface area contributed by atoms with Crippen molar-refractivity contribution in [3.8, 4) is 6.07 Å². The van der Waals surface area contributed by atoms with E-state index in [1.807, 2.05) is 33.8 Å². The summed E-state index contributed by atoms with van der Waals surface area (Å²) >= 11 is 0. The van der Waals surface area contributed by atoms with Crippen LogP contribution in [0.4, 0.5) is 0 Å². The lowest BCUT2D eigenvalue weighted by Gasteiger charge is -2.26. The summed E-state index contributed by atoms with van der Waals surface area (Å²) in [5.74, 6) is 0.412. The maximum Gasteiger partial charge on any atom is 0.258 e. The van der Waals surface area contributed by atoms with E-state index in [0.29, 0.717) is 34.4 Å². The van der Waals surface area contributed by atoms with Gasteiger partial charge in [0.25, 0.3) is 5.56 Å². The van der Waals surface area contributed by atoms with Crippen LogP contribution < -0.4 is 5.56 Å². The highest BCUT2D eigenvalue weighted by Crippen LogP contribution is 2.19. The highest BCUT2D eigenvalue weighted by atomic mass is 16.2. The van der Waals surface area contributed by atoms with Crippen LogP contribution in [0.5, 0.6) is 0 Å². The standard InChI is InChI=1S/C24H25N7O2/c1-14(2)30(13-21-28-20-8-6-5-7-19(20)24(33)29-21)22(32)10-9-18-15(3)27-23-17(11-25)12-26-31(23)16(18)4/h5-8,12,14H,9-10,13H2,1-4H3,(H,28,29,33). The third kappa shape index (κ3) is 4.20. The van der Waals surface area contributed by atoms with Gasteiger partial charge in [0.2, 0.25) is 5.91 Å². The minimum atomic E-state index is -0.214. The molecule has 4 aromatic rings. The minimum absolute atomic E-state index is 0.0436. The smallest absolute Gasteiger partial charge is 0.258 e. The molecule has 0 unspecified atom stereocenters. The molecule has 1 amide bonds. The number of amides is 1. The number of carbonyl (C=O) groups excluding carboxylic acids is 1. The van der Waals surface area contributed by atoms with E-state index in [-0.39, 0.29) is 30.5 Å². The lowest BCUT2D eigenvalue weighted by molar-refractivity contribution is -0.133. The van der Waals surface area contributed by atoms with Gasteiger partial charge in [0.05, 0.1) is 23.6 Å². The molecule has 3 aromatic heterocycles. The molecule has 3 heterocycles. The van der Waals surface area contributed by atoms with Crippen LogP contribution in [0.25, 0.3) is 16.6 Å². The Bertz CT molecular complexity index is 1460. The molecule has 9 nitrogen and oxygen atoms in total. The number of para-hydroxylation sites is 1. The van der Waals surface area contributed by atoms with E-state index in [1.165, 1.54) is 6.20 Å². The van der Waals surface area contributed by atoms with Crippen LogP contribution in [-0.2, 0) is 17.8 Å². The fourth-order valence-corrected chi connectivity index (χ4v) is 4.06. The SMILES string of the molecule is Cc1nc2c(C#N)cnn2c(C)c1CCC(=O)N(Cc1nc2ccccc2c(=O)[nH]1)C(C)C. The van der Waals surface area contributed by atoms with Crippen molar-refractivity contribution in [3.05, 3.63) is 69.2 Å². The summed E-state index contributed by atoms with van der Waals surface area (Å²) in [6, 6.07) is 9.18. The van der Waals surface area contributed by atoms with E-state index in [4.69, 9.17) is 0 Å². The Kier molecular flexibility index (Phi) is 5.92. The Morgan fingerprint density at radius 3 is 2.73 bits per heavy atom. The van der Waals surface area contributed by atoms with Gasteiger partial charge in [-0.3, -0.25) is 9.59 Å². The van der Waals surface area contributed by atoms with Crippen molar-refractivity contribution >= 4 is 22.5 Å². The average Bonchev–Trinajstić information content (AvgIpc) is 3.20. The summed E-state index contributed by atoms with van der Waals surface area (Å²) in [5.41, 5.74) is 3.92. The zero-order valence-electron chi connectivity index (χ0n) is 19.1. The third-order valence-corrected chi connectivity index (χ3v) is 5.84. The van der Waals surface area contributed by atoms with Gasteiger partial charge in [-0.05, 0) is 51.8 Å². The molecule has 0 fully saturated rings. The maximum atomic E-state index is 13.2. The molecule has 1 N–H and O–H groups in total. The first-order chi connectivity index (χ1) is 15.8. The van der Waals surface area contributed by atoms with Crippen molar-refractivity contribution in [3.63, 3.8) is 0 Å². The van der Waals surface area contributed by atoms with Gasteiger partial charge in [0.15, 0.2) is 5.65 Å². The van der Waals surface area contributed by atoms with Gasteiger partial charge in [-0.25, -0.2) is 14.5 Å². The molecule has 0 spiro atoms. The second-order valence-electron chi connectivity index (χ2n) is 8.31. The Labute approximate surface area is 190 Å². The van der Waals surface area contributed by atoms with Gasteiger partial charge < -0.3 is 9.88 Å². The third-order valence-electron chi connectivity index (χ3n) is 5.84. The van der Waals surface area contributed by atoms with Gasteiger partial charge in [0, 0.05) is 23.9 Å². The Balaban J connectivity index is 1.55. The maximum absolute atomic E-state index is 13.2. The van der Waals surface area contributed by atoms with Gasteiger partial charge in [0.1, 0.15) is 17.5 Å². The highest BCUT2D eigenvalue weighted by molar-refractivity contribution is 5.78. The number of aromatic amines is 1. The van der Waals surface area contributed by atoms with Crippen molar-refractivity contribution in [1.82, 2.24) is 29.5 Å². The molecule has 0 aliphatic rings. The van der Waals surface area contributed by atoms with Gasteiger partial charge in [-0.2, -0.15) is 10.4 Å². The van der Waals surface area contributed by atoms with E-state index < -0.39 is 0 Å². The van der Waals surface area contributed by atoms with Crippen molar-refractivity contribution in [1.29, 1.82) is 5.26 Å².